The molecule has 0 bridgehead atoms. The Labute approximate surface area is 123 Å². The van der Waals surface area contributed by atoms with Gasteiger partial charge in [0.25, 0.3) is 0 Å². The molecule has 0 radical (unpaired) electrons. The molecule has 1 atom stereocenters. The normalized spacial score (nSPS) is 11.8. The molecule has 1 aromatic rings. The zero-order chi connectivity index (χ0) is 15.1. The fraction of sp³-hybridized carbons (Fsp3) is 0.538. The first-order chi connectivity index (χ1) is 9.47. The quantitative estimate of drug-likeness (QED) is 0.594. The summed E-state index contributed by atoms with van der Waals surface area (Å²) in [5.41, 5.74) is 0.208. The van der Waals surface area contributed by atoms with E-state index in [1.165, 1.54) is 0 Å². The summed E-state index contributed by atoms with van der Waals surface area (Å²) in [6, 6.07) is 0.156. The first-order valence-corrected chi connectivity index (χ1v) is 6.88. The van der Waals surface area contributed by atoms with Crippen molar-refractivity contribution in [3.63, 3.8) is 0 Å². The van der Waals surface area contributed by atoms with E-state index >= 15 is 0 Å². The van der Waals surface area contributed by atoms with Gasteiger partial charge in [0, 0.05) is 19.0 Å². The third-order valence-corrected chi connectivity index (χ3v) is 3.08. The summed E-state index contributed by atoms with van der Waals surface area (Å²) >= 11 is 5.86. The smallest absolute Gasteiger partial charge is 0.221 e. The molecule has 2 N–H and O–H groups in total. The van der Waals surface area contributed by atoms with E-state index in [0.29, 0.717) is 30.9 Å². The van der Waals surface area contributed by atoms with E-state index in [2.05, 4.69) is 20.6 Å². The second kappa shape index (κ2) is 7.79. The number of hydrogen-bond acceptors (Lipinski definition) is 5. The van der Waals surface area contributed by atoms with E-state index in [1.807, 2.05) is 13.8 Å². The van der Waals surface area contributed by atoms with Crippen LogP contribution >= 0.6 is 11.6 Å². The summed E-state index contributed by atoms with van der Waals surface area (Å²) in [4.78, 5) is 30.6. The summed E-state index contributed by atoms with van der Waals surface area (Å²) in [7, 11) is 0. The number of carbonyl (C=O) groups is 2. The Morgan fingerprint density at radius 2 is 2.15 bits per heavy atom. The Morgan fingerprint density at radius 3 is 2.75 bits per heavy atom. The van der Waals surface area contributed by atoms with Gasteiger partial charge in [-0.1, -0.05) is 18.5 Å². The lowest BCUT2D eigenvalue weighted by Gasteiger charge is -2.12. The van der Waals surface area contributed by atoms with E-state index < -0.39 is 0 Å². The van der Waals surface area contributed by atoms with Gasteiger partial charge in [0.1, 0.15) is 16.8 Å². The second-order valence-corrected chi connectivity index (χ2v) is 4.85. The third-order valence-electron chi connectivity index (χ3n) is 2.79. The van der Waals surface area contributed by atoms with Crippen LogP contribution in [-0.2, 0) is 4.79 Å². The maximum absolute atomic E-state index is 11.6. The zero-order valence-corrected chi connectivity index (χ0v) is 12.6. The van der Waals surface area contributed by atoms with Gasteiger partial charge in [0.15, 0.2) is 6.29 Å². The molecule has 1 rings (SSSR count). The highest BCUT2D eigenvalue weighted by Gasteiger charge is 2.11. The van der Waals surface area contributed by atoms with Gasteiger partial charge in [0.2, 0.25) is 5.91 Å². The van der Waals surface area contributed by atoms with Gasteiger partial charge >= 0.3 is 0 Å². The van der Waals surface area contributed by atoms with Crippen LogP contribution in [0, 0.1) is 6.92 Å². The lowest BCUT2D eigenvalue weighted by Crippen LogP contribution is -2.33. The molecule has 0 saturated carbocycles. The Hall–Kier alpha value is -1.69. The first-order valence-electron chi connectivity index (χ1n) is 6.50. The molecule has 7 heteroatoms. The van der Waals surface area contributed by atoms with Gasteiger partial charge in [-0.3, -0.25) is 9.59 Å². The van der Waals surface area contributed by atoms with Crippen molar-refractivity contribution in [1.82, 2.24) is 15.3 Å². The van der Waals surface area contributed by atoms with Crippen molar-refractivity contribution in [2.75, 3.05) is 11.9 Å². The number of aromatic nitrogens is 2. The SMILES string of the molecule is CCC(C)NC(=O)CCNc1nc(C)nc(Cl)c1C=O. The first kappa shape index (κ1) is 16.4. The van der Waals surface area contributed by atoms with Gasteiger partial charge in [-0.2, -0.15) is 0 Å². The monoisotopic (exact) mass is 298 g/mol. The van der Waals surface area contributed by atoms with Crippen molar-refractivity contribution < 1.29 is 9.59 Å². The van der Waals surface area contributed by atoms with Gasteiger partial charge in [-0.25, -0.2) is 9.97 Å². The van der Waals surface area contributed by atoms with Gasteiger partial charge in [-0.15, -0.1) is 0 Å². The Kier molecular flexibility index (Phi) is 6.38. The van der Waals surface area contributed by atoms with Gasteiger partial charge in [0.05, 0.1) is 5.56 Å². The molecule has 0 fully saturated rings. The third kappa shape index (κ3) is 4.77. The molecular formula is C13H19ClN4O2. The largest absolute Gasteiger partial charge is 0.369 e. The van der Waals surface area contributed by atoms with Crippen LogP contribution in [0.3, 0.4) is 0 Å². The molecule has 6 nitrogen and oxygen atoms in total. The molecule has 0 saturated heterocycles. The highest BCUT2D eigenvalue weighted by Crippen LogP contribution is 2.18. The highest BCUT2D eigenvalue weighted by molar-refractivity contribution is 6.32. The lowest BCUT2D eigenvalue weighted by molar-refractivity contribution is -0.121. The average Bonchev–Trinajstić information content (AvgIpc) is 2.38. The predicted molar refractivity (Wildman–Crippen MR) is 78.2 cm³/mol. The van der Waals surface area contributed by atoms with Crippen LogP contribution in [0.15, 0.2) is 0 Å². The topological polar surface area (TPSA) is 84.0 Å². The summed E-state index contributed by atoms with van der Waals surface area (Å²) in [5, 5.41) is 5.91. The fourth-order valence-corrected chi connectivity index (χ4v) is 1.79. The molecule has 0 aliphatic heterocycles. The van der Waals surface area contributed by atoms with E-state index in [4.69, 9.17) is 11.6 Å². The number of aryl methyl sites for hydroxylation is 1. The minimum absolute atomic E-state index is 0.0450. The van der Waals surface area contributed by atoms with Crippen molar-refractivity contribution >= 4 is 29.6 Å². The molecule has 20 heavy (non-hydrogen) atoms. The van der Waals surface area contributed by atoms with Gasteiger partial charge < -0.3 is 10.6 Å². The average molecular weight is 299 g/mol. The minimum Gasteiger partial charge on any atom is -0.369 e. The summed E-state index contributed by atoms with van der Waals surface area (Å²) in [6.07, 6.45) is 1.78. The molecule has 0 aliphatic carbocycles. The van der Waals surface area contributed by atoms with Crippen molar-refractivity contribution in [1.29, 1.82) is 0 Å². The van der Waals surface area contributed by atoms with Crippen LogP contribution in [0.1, 0.15) is 42.9 Å². The standard InChI is InChI=1S/C13H19ClN4O2/c1-4-8(2)16-11(20)5-6-15-13-10(7-19)12(14)17-9(3)18-13/h7-8H,4-6H2,1-3H3,(H,16,20)(H,15,17,18). The number of hydrogen-bond donors (Lipinski definition) is 2. The molecule has 0 spiro atoms. The Balaban J connectivity index is 2.58. The van der Waals surface area contributed by atoms with Crippen LogP contribution in [0.2, 0.25) is 5.15 Å². The summed E-state index contributed by atoms with van der Waals surface area (Å²) in [5.74, 6) is 0.775. The van der Waals surface area contributed by atoms with Crippen LogP contribution in [0.25, 0.3) is 0 Å². The van der Waals surface area contributed by atoms with Crippen LogP contribution in [0.4, 0.5) is 5.82 Å². The minimum atomic E-state index is -0.0450. The van der Waals surface area contributed by atoms with E-state index in [0.717, 1.165) is 6.42 Å². The molecule has 0 aliphatic rings. The number of anilines is 1. The number of nitrogens with one attached hydrogen (secondary N) is 2. The lowest BCUT2D eigenvalue weighted by atomic mass is 10.2. The van der Waals surface area contributed by atoms with E-state index in [-0.39, 0.29) is 22.7 Å². The molecular weight excluding hydrogens is 280 g/mol. The predicted octanol–water partition coefficient (Wildman–Crippen LogP) is 1.97. The maximum Gasteiger partial charge on any atom is 0.221 e. The van der Waals surface area contributed by atoms with Crippen molar-refractivity contribution in [2.24, 2.45) is 0 Å². The second-order valence-electron chi connectivity index (χ2n) is 4.50. The summed E-state index contributed by atoms with van der Waals surface area (Å²) in [6.45, 7) is 6.01. The van der Waals surface area contributed by atoms with Crippen molar-refractivity contribution in [2.45, 2.75) is 39.7 Å². The number of aldehydes is 1. The molecule has 1 aromatic heterocycles. The Bertz CT molecular complexity index is 494. The number of halogens is 1. The Morgan fingerprint density at radius 1 is 1.45 bits per heavy atom. The molecule has 110 valence electrons. The van der Waals surface area contributed by atoms with Crippen LogP contribution in [0.5, 0.6) is 0 Å². The highest BCUT2D eigenvalue weighted by atomic mass is 35.5. The molecule has 0 aromatic carbocycles. The maximum atomic E-state index is 11.6. The van der Waals surface area contributed by atoms with Crippen LogP contribution < -0.4 is 10.6 Å². The molecule has 1 unspecified atom stereocenters. The van der Waals surface area contributed by atoms with Gasteiger partial charge in [-0.05, 0) is 20.3 Å². The van der Waals surface area contributed by atoms with Crippen molar-refractivity contribution in [3.05, 3.63) is 16.5 Å². The van der Waals surface area contributed by atoms with E-state index in [9.17, 15) is 9.59 Å². The number of carbonyl (C=O) groups excluding carboxylic acids is 2. The molecule has 1 heterocycles. The van der Waals surface area contributed by atoms with Crippen molar-refractivity contribution in [3.8, 4) is 0 Å². The fourth-order valence-electron chi connectivity index (χ4n) is 1.53. The number of amides is 1. The van der Waals surface area contributed by atoms with E-state index in [1.54, 1.807) is 6.92 Å². The zero-order valence-electron chi connectivity index (χ0n) is 11.9. The van der Waals surface area contributed by atoms with Crippen LogP contribution in [-0.4, -0.2) is 34.7 Å². The molecule has 1 amide bonds. The number of nitrogens with zero attached hydrogens (tertiary/aromatic N) is 2. The summed E-state index contributed by atoms with van der Waals surface area (Å²) < 4.78 is 0. The number of rotatable bonds is 7.